The first-order valence-corrected chi connectivity index (χ1v) is 7.01. The number of ether oxygens (including phenoxy) is 2. The molecule has 124 valence electrons. The molecule has 1 amide bonds. The number of para-hydroxylation sites is 1. The van der Waals surface area contributed by atoms with E-state index in [4.69, 9.17) is 10.00 Å². The van der Waals surface area contributed by atoms with E-state index in [-0.39, 0.29) is 24.8 Å². The summed E-state index contributed by atoms with van der Waals surface area (Å²) in [4.78, 5) is 11.8. The van der Waals surface area contributed by atoms with Crippen LogP contribution in [0.1, 0.15) is 11.1 Å². The number of alkyl halides is 2. The van der Waals surface area contributed by atoms with Crippen molar-refractivity contribution in [2.75, 3.05) is 6.61 Å². The number of nitrogens with one attached hydrogen (secondary N) is 1. The largest absolute Gasteiger partial charge is 0.482 e. The fourth-order valence-corrected chi connectivity index (χ4v) is 1.87. The Labute approximate surface area is 137 Å². The van der Waals surface area contributed by atoms with E-state index in [0.29, 0.717) is 11.3 Å². The maximum atomic E-state index is 12.0. The Bertz CT molecular complexity index is 727. The minimum atomic E-state index is -2.87. The van der Waals surface area contributed by atoms with Crippen molar-refractivity contribution < 1.29 is 23.0 Å². The van der Waals surface area contributed by atoms with Gasteiger partial charge in [-0.2, -0.15) is 14.0 Å². The highest BCUT2D eigenvalue weighted by molar-refractivity contribution is 5.77. The van der Waals surface area contributed by atoms with Crippen LogP contribution in [0.2, 0.25) is 0 Å². The lowest BCUT2D eigenvalue weighted by molar-refractivity contribution is -0.123. The van der Waals surface area contributed by atoms with Crippen LogP contribution in [0, 0.1) is 11.3 Å². The molecule has 1 N–H and O–H groups in total. The molecule has 0 radical (unpaired) electrons. The number of nitriles is 1. The molecule has 2 aromatic rings. The molecule has 0 unspecified atom stereocenters. The average molecular weight is 332 g/mol. The van der Waals surface area contributed by atoms with Crippen LogP contribution in [0.5, 0.6) is 11.5 Å². The summed E-state index contributed by atoms with van der Waals surface area (Å²) in [6.07, 6.45) is 0. The van der Waals surface area contributed by atoms with Gasteiger partial charge in [0, 0.05) is 6.54 Å². The van der Waals surface area contributed by atoms with Crippen LogP contribution in [-0.2, 0) is 11.3 Å². The Kier molecular flexibility index (Phi) is 6.08. The molecule has 0 aromatic heterocycles. The van der Waals surface area contributed by atoms with Crippen molar-refractivity contribution in [3.63, 3.8) is 0 Å². The minimum Gasteiger partial charge on any atom is -0.482 e. The van der Waals surface area contributed by atoms with E-state index in [9.17, 15) is 13.6 Å². The molecular formula is C17H14F2N2O3. The van der Waals surface area contributed by atoms with Gasteiger partial charge in [0.15, 0.2) is 6.61 Å². The number of hydrogen-bond acceptors (Lipinski definition) is 4. The summed E-state index contributed by atoms with van der Waals surface area (Å²) in [6.45, 7) is -2.88. The fraction of sp³-hybridized carbons (Fsp3) is 0.176. The summed E-state index contributed by atoms with van der Waals surface area (Å²) in [6, 6.07) is 14.5. The Morgan fingerprint density at radius 3 is 2.54 bits per heavy atom. The Balaban J connectivity index is 1.80. The zero-order valence-corrected chi connectivity index (χ0v) is 12.5. The molecule has 0 heterocycles. The van der Waals surface area contributed by atoms with Crippen LogP contribution in [-0.4, -0.2) is 19.1 Å². The Morgan fingerprint density at radius 1 is 1.17 bits per heavy atom. The highest BCUT2D eigenvalue weighted by atomic mass is 19.3. The van der Waals surface area contributed by atoms with Gasteiger partial charge in [-0.1, -0.05) is 24.3 Å². The smallest absolute Gasteiger partial charge is 0.387 e. The van der Waals surface area contributed by atoms with Gasteiger partial charge in [-0.25, -0.2) is 0 Å². The van der Waals surface area contributed by atoms with Gasteiger partial charge < -0.3 is 14.8 Å². The number of rotatable bonds is 7. The molecule has 2 aromatic carbocycles. The predicted octanol–water partition coefficient (Wildman–Crippen LogP) is 2.85. The second kappa shape index (κ2) is 8.48. The first-order valence-electron chi connectivity index (χ1n) is 7.01. The summed E-state index contributed by atoms with van der Waals surface area (Å²) < 4.78 is 33.6. The molecule has 0 fully saturated rings. The molecule has 7 heteroatoms. The summed E-state index contributed by atoms with van der Waals surface area (Å²) >= 11 is 0. The quantitative estimate of drug-likeness (QED) is 0.846. The first kappa shape index (κ1) is 17.2. The third-order valence-corrected chi connectivity index (χ3v) is 3.00. The fourth-order valence-electron chi connectivity index (χ4n) is 1.87. The summed E-state index contributed by atoms with van der Waals surface area (Å²) in [5.74, 6) is 0.0239. The monoisotopic (exact) mass is 332 g/mol. The summed E-state index contributed by atoms with van der Waals surface area (Å²) in [5.41, 5.74) is 1.07. The minimum absolute atomic E-state index is 0.0523. The highest BCUT2D eigenvalue weighted by Gasteiger charge is 2.07. The highest BCUT2D eigenvalue weighted by Crippen LogP contribution is 2.16. The van der Waals surface area contributed by atoms with E-state index >= 15 is 0 Å². The van der Waals surface area contributed by atoms with Gasteiger partial charge in [0.1, 0.15) is 17.6 Å². The van der Waals surface area contributed by atoms with Crippen LogP contribution < -0.4 is 14.8 Å². The molecule has 0 saturated heterocycles. The molecule has 0 aliphatic heterocycles. The summed E-state index contributed by atoms with van der Waals surface area (Å²) in [7, 11) is 0. The number of nitrogens with zero attached hydrogens (tertiary/aromatic N) is 1. The third-order valence-electron chi connectivity index (χ3n) is 3.00. The van der Waals surface area contributed by atoms with Crippen molar-refractivity contribution in [3.8, 4) is 17.6 Å². The molecule has 0 spiro atoms. The van der Waals surface area contributed by atoms with Crippen molar-refractivity contribution in [3.05, 3.63) is 59.7 Å². The van der Waals surface area contributed by atoms with E-state index in [2.05, 4.69) is 10.1 Å². The van der Waals surface area contributed by atoms with Crippen LogP contribution >= 0.6 is 0 Å². The lowest BCUT2D eigenvalue weighted by Gasteiger charge is -2.09. The SMILES string of the molecule is N#Cc1ccccc1OCC(=O)NCc1ccc(OC(F)F)cc1. The standard InChI is InChI=1S/C17H14F2N2O3/c18-17(19)24-14-7-5-12(6-8-14)10-21-16(22)11-23-15-4-2-1-3-13(15)9-20/h1-8,17H,10-11H2,(H,21,22). The Hall–Kier alpha value is -3.14. The second-order valence-electron chi connectivity index (χ2n) is 4.70. The zero-order valence-electron chi connectivity index (χ0n) is 12.5. The topological polar surface area (TPSA) is 71.3 Å². The van der Waals surface area contributed by atoms with Crippen molar-refractivity contribution in [2.24, 2.45) is 0 Å². The van der Waals surface area contributed by atoms with Crippen LogP contribution in [0.3, 0.4) is 0 Å². The number of halogens is 2. The van der Waals surface area contributed by atoms with Crippen LogP contribution in [0.25, 0.3) is 0 Å². The van der Waals surface area contributed by atoms with Gasteiger partial charge in [-0.15, -0.1) is 0 Å². The number of hydrogen-bond donors (Lipinski definition) is 1. The molecule has 0 saturated carbocycles. The molecule has 0 aliphatic carbocycles. The zero-order chi connectivity index (χ0) is 17.4. The molecule has 24 heavy (non-hydrogen) atoms. The van der Waals surface area contributed by atoms with Crippen LogP contribution in [0.4, 0.5) is 8.78 Å². The van der Waals surface area contributed by atoms with Gasteiger partial charge in [0.05, 0.1) is 5.56 Å². The normalized spacial score (nSPS) is 10.1. The Morgan fingerprint density at radius 2 is 1.88 bits per heavy atom. The number of carbonyl (C=O) groups excluding carboxylic acids is 1. The van der Waals surface area contributed by atoms with E-state index in [1.165, 1.54) is 12.1 Å². The van der Waals surface area contributed by atoms with Gasteiger partial charge in [0.25, 0.3) is 5.91 Å². The van der Waals surface area contributed by atoms with E-state index < -0.39 is 6.61 Å². The van der Waals surface area contributed by atoms with E-state index in [0.717, 1.165) is 5.56 Å². The average Bonchev–Trinajstić information content (AvgIpc) is 2.59. The molecule has 5 nitrogen and oxygen atoms in total. The lowest BCUT2D eigenvalue weighted by Crippen LogP contribution is -2.28. The van der Waals surface area contributed by atoms with E-state index in [1.54, 1.807) is 36.4 Å². The van der Waals surface area contributed by atoms with Crippen molar-refractivity contribution >= 4 is 5.91 Å². The maximum absolute atomic E-state index is 12.0. The third kappa shape index (κ3) is 5.25. The summed E-state index contributed by atoms with van der Waals surface area (Å²) in [5, 5.41) is 11.6. The van der Waals surface area contributed by atoms with Gasteiger partial charge in [0.2, 0.25) is 0 Å². The van der Waals surface area contributed by atoms with Gasteiger partial charge in [-0.3, -0.25) is 4.79 Å². The van der Waals surface area contributed by atoms with Crippen molar-refractivity contribution in [1.82, 2.24) is 5.32 Å². The second-order valence-corrected chi connectivity index (χ2v) is 4.70. The predicted molar refractivity (Wildman–Crippen MR) is 81.6 cm³/mol. The number of carbonyl (C=O) groups is 1. The molecule has 0 atom stereocenters. The maximum Gasteiger partial charge on any atom is 0.387 e. The molecule has 0 aliphatic rings. The van der Waals surface area contributed by atoms with Gasteiger partial charge in [-0.05, 0) is 29.8 Å². The van der Waals surface area contributed by atoms with Crippen molar-refractivity contribution in [1.29, 1.82) is 5.26 Å². The van der Waals surface area contributed by atoms with Crippen LogP contribution in [0.15, 0.2) is 48.5 Å². The van der Waals surface area contributed by atoms with Gasteiger partial charge >= 0.3 is 6.61 Å². The number of amides is 1. The molecular weight excluding hydrogens is 318 g/mol. The molecule has 2 rings (SSSR count). The van der Waals surface area contributed by atoms with E-state index in [1.807, 2.05) is 6.07 Å². The lowest BCUT2D eigenvalue weighted by atomic mass is 10.2. The first-order chi connectivity index (χ1) is 11.6. The van der Waals surface area contributed by atoms with Crippen molar-refractivity contribution in [2.45, 2.75) is 13.2 Å². The number of benzene rings is 2. The molecule has 0 bridgehead atoms.